The molecule has 0 aliphatic heterocycles. The maximum Gasteiger partial charge on any atom is 0.319 e. The molecule has 1 rings (SSSR count). The fourth-order valence-corrected chi connectivity index (χ4v) is 1.41. The van der Waals surface area contributed by atoms with Crippen LogP contribution in [0, 0.1) is 0 Å². The minimum absolute atomic E-state index is 0.0286. The van der Waals surface area contributed by atoms with Crippen LogP contribution in [0.2, 0.25) is 0 Å². The average Bonchev–Trinajstić information content (AvgIpc) is 2.35. The van der Waals surface area contributed by atoms with Crippen molar-refractivity contribution in [2.75, 3.05) is 25.6 Å². The largest absolute Gasteiger partial charge is 0.385 e. The third-order valence-corrected chi connectivity index (χ3v) is 2.34. The lowest BCUT2D eigenvalue weighted by atomic mass is 10.1. The normalized spacial score (nSPS) is 9.89. The molecule has 0 aliphatic carbocycles. The molecule has 0 atom stereocenters. The fourth-order valence-electron chi connectivity index (χ4n) is 1.41. The Balaban J connectivity index is 2.44. The van der Waals surface area contributed by atoms with Crippen LogP contribution in [0.3, 0.4) is 0 Å². The van der Waals surface area contributed by atoms with Crippen molar-refractivity contribution in [2.24, 2.45) is 0 Å². The van der Waals surface area contributed by atoms with Gasteiger partial charge in [-0.15, -0.1) is 0 Å². The summed E-state index contributed by atoms with van der Waals surface area (Å²) in [4.78, 5) is 22.7. The van der Waals surface area contributed by atoms with Gasteiger partial charge in [-0.1, -0.05) is 12.1 Å². The Kier molecular flexibility index (Phi) is 5.87. The van der Waals surface area contributed by atoms with Crippen LogP contribution in [0.4, 0.5) is 10.5 Å². The van der Waals surface area contributed by atoms with Gasteiger partial charge in [-0.2, -0.15) is 0 Å². The van der Waals surface area contributed by atoms with E-state index in [2.05, 4.69) is 10.6 Å². The van der Waals surface area contributed by atoms with Crippen LogP contribution >= 0.6 is 0 Å². The van der Waals surface area contributed by atoms with Gasteiger partial charge in [0, 0.05) is 31.5 Å². The van der Waals surface area contributed by atoms with Crippen molar-refractivity contribution < 1.29 is 14.3 Å². The lowest BCUT2D eigenvalue weighted by Crippen LogP contribution is -2.30. The number of nitrogens with one attached hydrogen (secondary N) is 2. The highest BCUT2D eigenvalue weighted by atomic mass is 16.5. The summed E-state index contributed by atoms with van der Waals surface area (Å²) in [6, 6.07) is 6.55. The first-order chi connectivity index (χ1) is 8.63. The first-order valence-electron chi connectivity index (χ1n) is 5.78. The molecule has 0 aliphatic rings. The van der Waals surface area contributed by atoms with Crippen molar-refractivity contribution in [1.29, 1.82) is 0 Å². The molecule has 0 saturated carbocycles. The molecule has 1 aromatic rings. The summed E-state index contributed by atoms with van der Waals surface area (Å²) in [5.74, 6) is -0.0286. The molecule has 0 saturated heterocycles. The number of hydrogen-bond donors (Lipinski definition) is 2. The van der Waals surface area contributed by atoms with Gasteiger partial charge in [0.15, 0.2) is 5.78 Å². The summed E-state index contributed by atoms with van der Waals surface area (Å²) in [5.41, 5.74) is 1.18. The number of Topliss-reactive ketones (excluding diaryl/α,β-unsaturated/α-hetero) is 1. The van der Waals surface area contributed by atoms with Crippen LogP contribution in [0.15, 0.2) is 24.3 Å². The zero-order chi connectivity index (χ0) is 13.4. The molecule has 1 aromatic carbocycles. The number of methoxy groups -OCH3 is 1. The van der Waals surface area contributed by atoms with Crippen molar-refractivity contribution in [3.8, 4) is 0 Å². The molecule has 98 valence electrons. The van der Waals surface area contributed by atoms with E-state index in [1.54, 1.807) is 31.4 Å². The number of carbonyl (C=O) groups is 2. The highest BCUT2D eigenvalue weighted by Crippen LogP contribution is 2.10. The maximum atomic E-state index is 11.5. The molecular weight excluding hydrogens is 232 g/mol. The predicted molar refractivity (Wildman–Crippen MR) is 70.0 cm³/mol. The van der Waals surface area contributed by atoms with Crippen molar-refractivity contribution in [3.05, 3.63) is 29.8 Å². The van der Waals surface area contributed by atoms with Crippen LogP contribution in [-0.2, 0) is 4.74 Å². The predicted octanol–water partition coefficient (Wildman–Crippen LogP) is 2.05. The number of benzene rings is 1. The minimum Gasteiger partial charge on any atom is -0.385 e. The number of hydrogen-bond acceptors (Lipinski definition) is 3. The van der Waals surface area contributed by atoms with Crippen molar-refractivity contribution in [1.82, 2.24) is 5.32 Å². The lowest BCUT2D eigenvalue weighted by Gasteiger charge is -2.08. The molecule has 18 heavy (non-hydrogen) atoms. The van der Waals surface area contributed by atoms with Crippen molar-refractivity contribution in [3.63, 3.8) is 0 Å². The van der Waals surface area contributed by atoms with Crippen LogP contribution < -0.4 is 10.6 Å². The summed E-state index contributed by atoms with van der Waals surface area (Å²) in [6.45, 7) is 2.65. The quantitative estimate of drug-likeness (QED) is 0.599. The summed E-state index contributed by atoms with van der Waals surface area (Å²) < 4.78 is 4.87. The second kappa shape index (κ2) is 7.45. The Bertz CT molecular complexity index is 418. The van der Waals surface area contributed by atoms with Gasteiger partial charge in [0.2, 0.25) is 0 Å². The number of carbonyl (C=O) groups excluding carboxylic acids is 2. The molecule has 2 amide bonds. The lowest BCUT2D eigenvalue weighted by molar-refractivity contribution is 0.101. The Morgan fingerprint density at radius 2 is 2.11 bits per heavy atom. The third-order valence-electron chi connectivity index (χ3n) is 2.34. The van der Waals surface area contributed by atoms with E-state index in [0.29, 0.717) is 24.4 Å². The topological polar surface area (TPSA) is 67.4 Å². The molecule has 0 bridgehead atoms. The molecule has 0 spiro atoms. The molecule has 2 N–H and O–H groups in total. The van der Waals surface area contributed by atoms with Gasteiger partial charge in [0.05, 0.1) is 0 Å². The Morgan fingerprint density at radius 1 is 1.33 bits per heavy atom. The smallest absolute Gasteiger partial charge is 0.319 e. The van der Waals surface area contributed by atoms with E-state index >= 15 is 0 Å². The molecule has 0 aromatic heterocycles. The van der Waals surface area contributed by atoms with Crippen molar-refractivity contribution >= 4 is 17.5 Å². The van der Waals surface area contributed by atoms with Gasteiger partial charge in [-0.25, -0.2) is 4.79 Å². The molecular formula is C13H18N2O3. The maximum absolute atomic E-state index is 11.5. The Hall–Kier alpha value is -1.88. The van der Waals surface area contributed by atoms with E-state index in [1.807, 2.05) is 0 Å². The molecule has 0 unspecified atom stereocenters. The third kappa shape index (κ3) is 4.97. The first kappa shape index (κ1) is 14.2. The second-order valence-electron chi connectivity index (χ2n) is 3.86. The minimum atomic E-state index is -0.285. The highest BCUT2D eigenvalue weighted by Gasteiger charge is 2.03. The van der Waals surface area contributed by atoms with Gasteiger partial charge in [0.1, 0.15) is 0 Å². The standard InChI is InChI=1S/C13H18N2O3/c1-10(16)11-5-3-6-12(9-11)15-13(17)14-7-4-8-18-2/h3,5-6,9H,4,7-8H2,1-2H3,(H2,14,15,17). The summed E-state index contributed by atoms with van der Waals surface area (Å²) in [5, 5.41) is 5.37. The number of rotatable bonds is 6. The second-order valence-corrected chi connectivity index (χ2v) is 3.86. The van der Waals surface area contributed by atoms with Crippen LogP contribution in [0.5, 0.6) is 0 Å². The van der Waals surface area contributed by atoms with Gasteiger partial charge in [-0.05, 0) is 25.5 Å². The highest BCUT2D eigenvalue weighted by molar-refractivity contribution is 5.96. The average molecular weight is 250 g/mol. The molecule has 0 heterocycles. The van der Waals surface area contributed by atoms with Crippen molar-refractivity contribution in [2.45, 2.75) is 13.3 Å². The molecule has 5 nitrogen and oxygen atoms in total. The summed E-state index contributed by atoms with van der Waals surface area (Å²) in [7, 11) is 1.62. The SMILES string of the molecule is COCCCNC(=O)Nc1cccc(C(C)=O)c1. The number of ether oxygens (including phenoxy) is 1. The number of amides is 2. The molecule has 5 heteroatoms. The Labute approximate surface area is 107 Å². The van der Waals surface area contributed by atoms with E-state index in [-0.39, 0.29) is 11.8 Å². The fraction of sp³-hybridized carbons (Fsp3) is 0.385. The van der Waals surface area contributed by atoms with Gasteiger partial charge < -0.3 is 15.4 Å². The zero-order valence-corrected chi connectivity index (χ0v) is 10.7. The van der Waals surface area contributed by atoms with E-state index < -0.39 is 0 Å². The van der Waals surface area contributed by atoms with Crippen LogP contribution in [0.1, 0.15) is 23.7 Å². The summed E-state index contributed by atoms with van der Waals surface area (Å²) in [6.07, 6.45) is 0.761. The Morgan fingerprint density at radius 3 is 2.78 bits per heavy atom. The number of urea groups is 1. The van der Waals surface area contributed by atoms with E-state index in [1.165, 1.54) is 6.92 Å². The zero-order valence-electron chi connectivity index (χ0n) is 10.7. The van der Waals surface area contributed by atoms with Gasteiger partial charge in [-0.3, -0.25) is 4.79 Å². The van der Waals surface area contributed by atoms with E-state index in [9.17, 15) is 9.59 Å². The van der Waals surface area contributed by atoms with Crippen LogP contribution in [-0.4, -0.2) is 32.1 Å². The molecule has 0 fully saturated rings. The number of ketones is 1. The van der Waals surface area contributed by atoms with Gasteiger partial charge in [0.25, 0.3) is 0 Å². The summed E-state index contributed by atoms with van der Waals surface area (Å²) >= 11 is 0. The van der Waals surface area contributed by atoms with E-state index in [4.69, 9.17) is 4.74 Å². The number of anilines is 1. The van der Waals surface area contributed by atoms with E-state index in [0.717, 1.165) is 6.42 Å². The first-order valence-corrected chi connectivity index (χ1v) is 5.78. The van der Waals surface area contributed by atoms with Crippen LogP contribution in [0.25, 0.3) is 0 Å². The monoisotopic (exact) mass is 250 g/mol. The molecule has 0 radical (unpaired) electrons. The van der Waals surface area contributed by atoms with Gasteiger partial charge >= 0.3 is 6.03 Å².